The fourth-order valence-corrected chi connectivity index (χ4v) is 5.32. The minimum Gasteiger partial charge on any atom is -0.348 e. The van der Waals surface area contributed by atoms with Crippen molar-refractivity contribution in [2.75, 3.05) is 13.1 Å². The van der Waals surface area contributed by atoms with Crippen LogP contribution in [-0.4, -0.2) is 53.4 Å². The van der Waals surface area contributed by atoms with E-state index in [2.05, 4.69) is 22.7 Å². The molecule has 0 radical (unpaired) electrons. The summed E-state index contributed by atoms with van der Waals surface area (Å²) in [5.74, 6) is -2.15. The summed E-state index contributed by atoms with van der Waals surface area (Å²) in [6.07, 6.45) is 5.76. The summed E-state index contributed by atoms with van der Waals surface area (Å²) in [6.45, 7) is 5.27. The molecule has 3 rings (SSSR count). The predicted molar refractivity (Wildman–Crippen MR) is 125 cm³/mol. The summed E-state index contributed by atoms with van der Waals surface area (Å²) < 4.78 is 42.5. The summed E-state index contributed by atoms with van der Waals surface area (Å²) in [6, 6.07) is 4.82. The van der Waals surface area contributed by atoms with Crippen LogP contribution >= 0.6 is 0 Å². The van der Waals surface area contributed by atoms with Gasteiger partial charge in [0.25, 0.3) is 0 Å². The maximum atomic E-state index is 13.5. The van der Waals surface area contributed by atoms with E-state index in [0.717, 1.165) is 49.6 Å². The number of unbranched alkanes of at least 4 members (excludes halogenated alkanes) is 1. The van der Waals surface area contributed by atoms with Crippen molar-refractivity contribution in [3.8, 4) is 0 Å². The first-order valence-corrected chi connectivity index (χ1v) is 13.0. The quantitative estimate of drug-likeness (QED) is 0.347. The maximum absolute atomic E-state index is 13.5. The van der Waals surface area contributed by atoms with Crippen LogP contribution in [0.1, 0.15) is 50.3 Å². The Hall–Kier alpha value is -2.79. The Bertz CT molecular complexity index is 1110. The number of sulfonamides is 1. The number of hydrogen-bond acceptors (Lipinski definition) is 5. The van der Waals surface area contributed by atoms with Crippen LogP contribution in [0.25, 0.3) is 0 Å². The van der Waals surface area contributed by atoms with Crippen molar-refractivity contribution in [1.82, 2.24) is 24.7 Å². The third kappa shape index (κ3) is 6.86. The Kier molecular flexibility index (Phi) is 8.78. The fourth-order valence-electron chi connectivity index (χ4n) is 3.56. The zero-order chi connectivity index (χ0) is 24.7. The van der Waals surface area contributed by atoms with Crippen molar-refractivity contribution in [1.29, 1.82) is 0 Å². The molecule has 1 saturated carbocycles. The summed E-state index contributed by atoms with van der Waals surface area (Å²) in [4.78, 5) is 24.2. The van der Waals surface area contributed by atoms with E-state index in [4.69, 9.17) is 0 Å². The highest BCUT2D eigenvalue weighted by Gasteiger charge is 2.37. The topological polar surface area (TPSA) is 113 Å². The molecule has 0 atom stereocenters. The summed E-state index contributed by atoms with van der Waals surface area (Å²) in [7, 11) is -3.83. The zero-order valence-corrected chi connectivity index (χ0v) is 20.4. The van der Waals surface area contributed by atoms with E-state index < -0.39 is 27.7 Å². The Morgan fingerprint density at radius 2 is 1.94 bits per heavy atom. The lowest BCUT2D eigenvalue weighted by Crippen LogP contribution is -2.41. The molecule has 0 spiro atoms. The van der Waals surface area contributed by atoms with Gasteiger partial charge in [0.05, 0.1) is 10.6 Å². The smallest absolute Gasteiger partial charge is 0.309 e. The summed E-state index contributed by atoms with van der Waals surface area (Å²) >= 11 is 0. The van der Waals surface area contributed by atoms with Gasteiger partial charge < -0.3 is 10.6 Å². The van der Waals surface area contributed by atoms with Crippen molar-refractivity contribution in [2.45, 2.75) is 70.0 Å². The number of nitrogens with one attached hydrogen (secondary N) is 2. The summed E-state index contributed by atoms with van der Waals surface area (Å²) in [5, 5.41) is 9.52. The van der Waals surface area contributed by atoms with Gasteiger partial charge in [0.15, 0.2) is 0 Å². The molecule has 2 aromatic rings. The Morgan fingerprint density at radius 3 is 2.62 bits per heavy atom. The molecule has 0 aliphatic heterocycles. The zero-order valence-electron chi connectivity index (χ0n) is 19.6. The number of aromatic nitrogens is 2. The molecule has 2 N–H and O–H groups in total. The minimum absolute atomic E-state index is 0.0869. The molecule has 11 heteroatoms. The van der Waals surface area contributed by atoms with E-state index in [9.17, 15) is 22.4 Å². The number of rotatable bonds is 12. The van der Waals surface area contributed by atoms with Gasteiger partial charge in [0.2, 0.25) is 10.0 Å². The van der Waals surface area contributed by atoms with Gasteiger partial charge in [-0.2, -0.15) is 9.40 Å². The van der Waals surface area contributed by atoms with Crippen molar-refractivity contribution >= 4 is 21.8 Å². The Balaban J connectivity index is 1.45. The lowest BCUT2D eigenvalue weighted by Gasteiger charge is -2.22. The van der Waals surface area contributed by atoms with E-state index in [1.807, 2.05) is 17.8 Å². The number of amides is 2. The molecule has 1 heterocycles. The van der Waals surface area contributed by atoms with Crippen molar-refractivity contribution in [3.05, 3.63) is 47.5 Å². The van der Waals surface area contributed by atoms with Crippen molar-refractivity contribution in [2.24, 2.45) is 0 Å². The molecule has 1 aliphatic carbocycles. The van der Waals surface area contributed by atoms with Gasteiger partial charge in [0, 0.05) is 44.0 Å². The number of aryl methyl sites for hydroxylation is 2. The monoisotopic (exact) mass is 493 g/mol. The van der Waals surface area contributed by atoms with Gasteiger partial charge in [-0.05, 0) is 50.8 Å². The van der Waals surface area contributed by atoms with E-state index in [0.29, 0.717) is 6.42 Å². The molecular formula is C23H32FN5O4S. The molecule has 1 aromatic carbocycles. The van der Waals surface area contributed by atoms with E-state index >= 15 is 0 Å². The molecule has 0 saturated heterocycles. The van der Waals surface area contributed by atoms with Gasteiger partial charge in [-0.25, -0.2) is 12.8 Å². The van der Waals surface area contributed by atoms with Gasteiger partial charge >= 0.3 is 11.8 Å². The second kappa shape index (κ2) is 11.6. The first-order valence-electron chi connectivity index (χ1n) is 11.6. The number of nitrogens with zero attached hydrogens (tertiary/aromatic N) is 3. The average Bonchev–Trinajstić information content (AvgIpc) is 3.57. The van der Waals surface area contributed by atoms with Crippen LogP contribution in [0.4, 0.5) is 4.39 Å². The molecule has 1 aliphatic rings. The SMILES string of the molecule is CCCCn1cc(CNC(=O)C(=O)NCCCN(C2CC2)S(=O)(=O)c2cccc(F)c2)c(C)n1. The molecule has 1 aromatic heterocycles. The van der Waals surface area contributed by atoms with E-state index in [-0.39, 0.29) is 30.6 Å². The van der Waals surface area contributed by atoms with Gasteiger partial charge in [-0.3, -0.25) is 14.3 Å². The number of carbonyl (C=O) groups excluding carboxylic acids is 2. The third-order valence-electron chi connectivity index (χ3n) is 5.63. The highest BCUT2D eigenvalue weighted by molar-refractivity contribution is 7.89. The number of carbonyl (C=O) groups is 2. The van der Waals surface area contributed by atoms with Gasteiger partial charge in [0.1, 0.15) is 5.82 Å². The lowest BCUT2D eigenvalue weighted by atomic mass is 10.2. The minimum atomic E-state index is -3.83. The van der Waals surface area contributed by atoms with Gasteiger partial charge in [-0.15, -0.1) is 0 Å². The van der Waals surface area contributed by atoms with Crippen molar-refractivity contribution in [3.63, 3.8) is 0 Å². The molecule has 9 nitrogen and oxygen atoms in total. The second-order valence-corrected chi connectivity index (χ2v) is 10.3. The normalized spacial score (nSPS) is 13.8. The first kappa shape index (κ1) is 25.8. The Morgan fingerprint density at radius 1 is 1.21 bits per heavy atom. The highest BCUT2D eigenvalue weighted by Crippen LogP contribution is 2.32. The van der Waals surface area contributed by atoms with Crippen LogP contribution in [0, 0.1) is 12.7 Å². The average molecular weight is 494 g/mol. The molecule has 2 amide bonds. The molecule has 34 heavy (non-hydrogen) atoms. The van der Waals surface area contributed by atoms with Crippen molar-refractivity contribution < 1.29 is 22.4 Å². The predicted octanol–water partition coefficient (Wildman–Crippen LogP) is 2.11. The molecule has 0 bridgehead atoms. The summed E-state index contributed by atoms with van der Waals surface area (Å²) in [5.41, 5.74) is 1.65. The lowest BCUT2D eigenvalue weighted by molar-refractivity contribution is -0.139. The van der Waals surface area contributed by atoms with Crippen LogP contribution < -0.4 is 10.6 Å². The van der Waals surface area contributed by atoms with E-state index in [1.165, 1.54) is 22.5 Å². The molecular weight excluding hydrogens is 461 g/mol. The largest absolute Gasteiger partial charge is 0.348 e. The van der Waals surface area contributed by atoms with Gasteiger partial charge in [-0.1, -0.05) is 19.4 Å². The Labute approximate surface area is 199 Å². The van der Waals surface area contributed by atoms with Crippen LogP contribution in [0.2, 0.25) is 0 Å². The van der Waals surface area contributed by atoms with Crippen LogP contribution in [0.3, 0.4) is 0 Å². The number of hydrogen-bond donors (Lipinski definition) is 2. The van der Waals surface area contributed by atoms with E-state index in [1.54, 1.807) is 0 Å². The van der Waals surface area contributed by atoms with Crippen LogP contribution in [0.5, 0.6) is 0 Å². The molecule has 0 unspecified atom stereocenters. The third-order valence-corrected chi connectivity index (χ3v) is 7.58. The standard InChI is InChI=1S/C23H32FN5O4S/c1-3-4-12-28-16-18(17(2)27-28)15-26-23(31)22(30)25-11-6-13-29(20-9-10-20)34(32,33)21-8-5-7-19(24)14-21/h5,7-8,14,16,20H,3-4,6,9-13,15H2,1-2H3,(H,25,30)(H,26,31). The molecule has 186 valence electrons. The number of benzene rings is 1. The fraction of sp³-hybridized carbons (Fsp3) is 0.522. The number of halogens is 1. The molecule has 1 fully saturated rings. The van der Waals surface area contributed by atoms with Crippen LogP contribution in [-0.2, 0) is 32.7 Å². The highest BCUT2D eigenvalue weighted by atomic mass is 32.2. The second-order valence-electron chi connectivity index (χ2n) is 8.45. The van der Waals surface area contributed by atoms with Crippen LogP contribution in [0.15, 0.2) is 35.4 Å². The maximum Gasteiger partial charge on any atom is 0.309 e. The first-order chi connectivity index (χ1) is 16.2.